The molecule has 0 saturated heterocycles. The van der Waals surface area contributed by atoms with Crippen molar-refractivity contribution in [1.82, 2.24) is 0 Å². The molecule has 1 fully saturated rings. The zero-order valence-corrected chi connectivity index (χ0v) is 15.9. The first-order chi connectivity index (χ1) is 9.86. The SMILES string of the molecule is CC/C(C)=C/[C-]=O.CC1C(C)C(C)C(C)C1C.[C-]#[O+].[C-]#[O+].[Fe+2]. The minimum atomic E-state index is 0. The minimum absolute atomic E-state index is 0. The van der Waals surface area contributed by atoms with Crippen LogP contribution >= 0.6 is 0 Å². The topological polar surface area (TPSA) is 56.9 Å². The minimum Gasteiger partial charge on any atom is 2.00 e. The fraction of sp³-hybridized carbons (Fsp3) is 0.722. The monoisotopic (exact) mass is 349 g/mol. The molecule has 0 atom stereocenters. The van der Waals surface area contributed by atoms with Gasteiger partial charge in [-0.2, -0.15) is 6.08 Å². The summed E-state index contributed by atoms with van der Waals surface area (Å²) in [5.41, 5.74) is 1.08. The van der Waals surface area contributed by atoms with Crippen LogP contribution in [0.4, 0.5) is 0 Å². The van der Waals surface area contributed by atoms with Crippen molar-refractivity contribution in [2.45, 2.75) is 54.9 Å². The molecule has 0 heterocycles. The van der Waals surface area contributed by atoms with E-state index in [1.807, 2.05) is 13.8 Å². The fourth-order valence-electron chi connectivity index (χ4n) is 2.60. The van der Waals surface area contributed by atoms with Gasteiger partial charge in [0.15, 0.2) is 0 Å². The maximum Gasteiger partial charge on any atom is 2.00 e. The summed E-state index contributed by atoms with van der Waals surface area (Å²) in [4.78, 5) is 9.57. The zero-order valence-electron chi connectivity index (χ0n) is 14.7. The quantitative estimate of drug-likeness (QED) is 0.312. The second-order valence-corrected chi connectivity index (χ2v) is 5.76. The Labute approximate surface area is 147 Å². The van der Waals surface area contributed by atoms with Crippen molar-refractivity contribution in [2.24, 2.45) is 29.6 Å². The summed E-state index contributed by atoms with van der Waals surface area (Å²) in [7, 11) is 0. The number of allylic oxidation sites excluding steroid dienone is 2. The Morgan fingerprint density at radius 2 is 1.14 bits per heavy atom. The molecule has 0 amide bonds. The molecule has 0 unspecified atom stereocenters. The molecular formula is C18H29FeO3+. The average molecular weight is 349 g/mol. The standard InChI is InChI=1S/C10H20.C6H9O.2CO.Fe/c1-6-7(2)9(4)10(5)8(6)3;1-3-6(2)4-5-7;2*1-2;/h6-10H,1-5H3;4H,3H2,1-2H3;;;/q;-1;;;+2/b;6-4+;;;. The van der Waals surface area contributed by atoms with Gasteiger partial charge in [0, 0.05) is 0 Å². The third kappa shape index (κ3) is 11.0. The molecule has 3 nitrogen and oxygen atoms in total. The summed E-state index contributed by atoms with van der Waals surface area (Å²) >= 11 is 0. The van der Waals surface area contributed by atoms with Crippen molar-refractivity contribution >= 4 is 6.29 Å². The molecular weight excluding hydrogens is 320 g/mol. The van der Waals surface area contributed by atoms with Crippen LogP contribution in [0.3, 0.4) is 0 Å². The van der Waals surface area contributed by atoms with E-state index in [0.717, 1.165) is 41.6 Å². The van der Waals surface area contributed by atoms with Crippen LogP contribution in [0.15, 0.2) is 11.6 Å². The first-order valence-electron chi connectivity index (χ1n) is 7.30. The Bertz CT molecular complexity index is 283. The van der Waals surface area contributed by atoms with Gasteiger partial charge in [-0.15, -0.1) is 13.3 Å². The second-order valence-electron chi connectivity index (χ2n) is 5.76. The van der Waals surface area contributed by atoms with Crippen LogP contribution in [0.5, 0.6) is 0 Å². The van der Waals surface area contributed by atoms with Gasteiger partial charge in [0.2, 0.25) is 0 Å². The summed E-state index contributed by atoms with van der Waals surface area (Å²) in [6.45, 7) is 24.9. The van der Waals surface area contributed by atoms with Gasteiger partial charge in [0.25, 0.3) is 0 Å². The van der Waals surface area contributed by atoms with E-state index in [9.17, 15) is 4.79 Å². The fourth-order valence-corrected chi connectivity index (χ4v) is 2.60. The molecule has 0 spiro atoms. The molecule has 0 aromatic carbocycles. The molecule has 0 aromatic rings. The smallest absolute Gasteiger partial charge is 2.00 e. The van der Waals surface area contributed by atoms with Gasteiger partial charge in [-0.3, -0.25) is 0 Å². The number of hydrogen-bond donors (Lipinski definition) is 0. The number of rotatable bonds is 2. The van der Waals surface area contributed by atoms with Crippen molar-refractivity contribution in [2.75, 3.05) is 0 Å². The van der Waals surface area contributed by atoms with Crippen molar-refractivity contribution in [3.63, 3.8) is 0 Å². The molecule has 4 heteroatoms. The van der Waals surface area contributed by atoms with Crippen LogP contribution < -0.4 is 0 Å². The van der Waals surface area contributed by atoms with Gasteiger partial charge in [-0.25, -0.2) is 5.57 Å². The Balaban J connectivity index is -0.000000120. The van der Waals surface area contributed by atoms with E-state index in [0.29, 0.717) is 0 Å². The normalized spacial score (nSPS) is 29.0. The molecule has 1 rings (SSSR count). The predicted octanol–water partition coefficient (Wildman–Crippen LogP) is 4.56. The summed E-state index contributed by atoms with van der Waals surface area (Å²) in [5.74, 6) is 4.68. The average Bonchev–Trinajstić information content (AvgIpc) is 2.70. The van der Waals surface area contributed by atoms with E-state index in [2.05, 4.69) is 47.9 Å². The molecule has 0 radical (unpaired) electrons. The van der Waals surface area contributed by atoms with Crippen molar-refractivity contribution in [3.05, 3.63) is 24.9 Å². The molecule has 1 saturated carbocycles. The number of carbonyl (C=O) groups excluding carboxylic acids is 1. The van der Waals surface area contributed by atoms with E-state index in [1.54, 1.807) is 6.29 Å². The van der Waals surface area contributed by atoms with Gasteiger partial charge in [-0.1, -0.05) is 41.5 Å². The van der Waals surface area contributed by atoms with Crippen LogP contribution in [-0.2, 0) is 31.2 Å². The van der Waals surface area contributed by atoms with E-state index in [1.165, 1.54) is 6.08 Å². The van der Waals surface area contributed by atoms with E-state index in [4.69, 9.17) is 9.30 Å². The van der Waals surface area contributed by atoms with Crippen molar-refractivity contribution in [3.8, 4) is 0 Å². The second kappa shape index (κ2) is 18.5. The Morgan fingerprint density at radius 1 is 0.909 bits per heavy atom. The van der Waals surface area contributed by atoms with Crippen molar-refractivity contribution < 1.29 is 31.2 Å². The van der Waals surface area contributed by atoms with Gasteiger partial charge in [-0.05, 0) is 35.9 Å². The molecule has 22 heavy (non-hydrogen) atoms. The molecule has 1 aliphatic carbocycles. The van der Waals surface area contributed by atoms with Crippen LogP contribution in [0, 0.1) is 42.9 Å². The van der Waals surface area contributed by atoms with Crippen LogP contribution in [-0.4, -0.2) is 6.29 Å². The van der Waals surface area contributed by atoms with Crippen LogP contribution in [0.1, 0.15) is 54.9 Å². The first-order valence-corrected chi connectivity index (χ1v) is 7.30. The molecule has 0 aromatic heterocycles. The Hall–Kier alpha value is -0.591. The first kappa shape index (κ1) is 29.4. The van der Waals surface area contributed by atoms with Gasteiger partial charge in [0.05, 0.1) is 0 Å². The molecule has 1 aliphatic rings. The van der Waals surface area contributed by atoms with Crippen LogP contribution in [0.2, 0.25) is 0 Å². The summed E-state index contributed by atoms with van der Waals surface area (Å²) < 4.78 is 15.0. The van der Waals surface area contributed by atoms with Crippen LogP contribution in [0.25, 0.3) is 0 Å². The van der Waals surface area contributed by atoms with E-state index < -0.39 is 0 Å². The molecule has 126 valence electrons. The molecule has 0 N–H and O–H groups in total. The third-order valence-corrected chi connectivity index (χ3v) is 5.01. The maximum atomic E-state index is 9.57. The molecule has 0 aliphatic heterocycles. The third-order valence-electron chi connectivity index (χ3n) is 5.01. The Kier molecular flexibility index (Phi) is 24.7. The predicted molar refractivity (Wildman–Crippen MR) is 83.4 cm³/mol. The van der Waals surface area contributed by atoms with E-state index >= 15 is 0 Å². The Morgan fingerprint density at radius 3 is 1.23 bits per heavy atom. The zero-order chi connectivity index (χ0) is 17.6. The largest absolute Gasteiger partial charge is 2.00 e. The van der Waals surface area contributed by atoms with Gasteiger partial charge >= 0.3 is 39.7 Å². The summed E-state index contributed by atoms with van der Waals surface area (Å²) in [6.07, 6.45) is 4.10. The van der Waals surface area contributed by atoms with E-state index in [-0.39, 0.29) is 17.1 Å². The molecule has 0 bridgehead atoms. The summed E-state index contributed by atoms with van der Waals surface area (Å²) in [5, 5.41) is 0. The van der Waals surface area contributed by atoms with Gasteiger partial charge < -0.3 is 4.79 Å². The summed E-state index contributed by atoms with van der Waals surface area (Å²) in [6, 6.07) is 0. The van der Waals surface area contributed by atoms with Gasteiger partial charge in [0.1, 0.15) is 0 Å². The number of hydrogen-bond acceptors (Lipinski definition) is 1. The van der Waals surface area contributed by atoms with Crippen molar-refractivity contribution in [1.29, 1.82) is 0 Å². The maximum absolute atomic E-state index is 9.57.